The van der Waals surface area contributed by atoms with Crippen LogP contribution in [0.15, 0.2) is 24.3 Å². The Morgan fingerprint density at radius 3 is 2.45 bits per heavy atom. The van der Waals surface area contributed by atoms with Crippen LogP contribution in [0.4, 0.5) is 5.69 Å². The predicted octanol–water partition coefficient (Wildman–Crippen LogP) is 2.75. The summed E-state index contributed by atoms with van der Waals surface area (Å²) in [6, 6.07) is 8.48. The first-order valence-corrected chi connectivity index (χ1v) is 7.13. The van der Waals surface area contributed by atoms with Gasteiger partial charge < -0.3 is 10.0 Å². The Morgan fingerprint density at radius 2 is 1.95 bits per heavy atom. The molecule has 1 fully saturated rings. The van der Waals surface area contributed by atoms with Gasteiger partial charge in [-0.05, 0) is 50.9 Å². The maximum absolute atomic E-state index is 11.6. The average Bonchev–Trinajstić information content (AvgIpc) is 2.81. The number of nitrogens with zero attached hydrogens (tertiary/aromatic N) is 2. The van der Waals surface area contributed by atoms with Gasteiger partial charge in [-0.15, -0.1) is 0 Å². The molecule has 0 saturated carbocycles. The second kappa shape index (κ2) is 5.44. The van der Waals surface area contributed by atoms with Crippen molar-refractivity contribution in [2.45, 2.75) is 38.3 Å². The topological polar surface area (TPSA) is 43.8 Å². The molecule has 2 atom stereocenters. The lowest BCUT2D eigenvalue weighted by molar-refractivity contribution is -0.149. The van der Waals surface area contributed by atoms with Gasteiger partial charge in [0.25, 0.3) is 0 Å². The highest BCUT2D eigenvalue weighted by Gasteiger charge is 2.45. The SMILES string of the molecule is CC(c1ccc(N(C)C)cc1)N1CCCC1(C)C(=O)O. The molecular weight excluding hydrogens is 252 g/mol. The number of likely N-dealkylation sites (tertiary alicyclic amines) is 1. The quantitative estimate of drug-likeness (QED) is 0.918. The fourth-order valence-electron chi connectivity index (χ4n) is 3.07. The molecule has 1 heterocycles. The molecule has 0 amide bonds. The Kier molecular flexibility index (Phi) is 4.04. The summed E-state index contributed by atoms with van der Waals surface area (Å²) in [4.78, 5) is 15.7. The molecule has 1 saturated heterocycles. The van der Waals surface area contributed by atoms with Crippen molar-refractivity contribution in [3.05, 3.63) is 29.8 Å². The van der Waals surface area contributed by atoms with Gasteiger partial charge in [-0.1, -0.05) is 12.1 Å². The summed E-state index contributed by atoms with van der Waals surface area (Å²) < 4.78 is 0. The normalized spacial score (nSPS) is 24.6. The summed E-state index contributed by atoms with van der Waals surface area (Å²) in [5, 5.41) is 9.51. The highest BCUT2D eigenvalue weighted by molar-refractivity contribution is 5.78. The number of hydrogen-bond acceptors (Lipinski definition) is 3. The van der Waals surface area contributed by atoms with Crippen LogP contribution in [0, 0.1) is 0 Å². The molecule has 20 heavy (non-hydrogen) atoms. The zero-order chi connectivity index (χ0) is 14.9. The number of benzene rings is 1. The largest absolute Gasteiger partial charge is 0.480 e. The lowest BCUT2D eigenvalue weighted by Crippen LogP contribution is -2.48. The molecule has 0 radical (unpaired) electrons. The maximum Gasteiger partial charge on any atom is 0.323 e. The number of carbonyl (C=O) groups is 1. The van der Waals surface area contributed by atoms with Crippen molar-refractivity contribution in [1.29, 1.82) is 0 Å². The van der Waals surface area contributed by atoms with Crippen LogP contribution in [0.3, 0.4) is 0 Å². The fraction of sp³-hybridized carbons (Fsp3) is 0.562. The molecule has 2 rings (SSSR count). The maximum atomic E-state index is 11.6. The van der Waals surface area contributed by atoms with Gasteiger partial charge in [0.05, 0.1) is 0 Å². The van der Waals surface area contributed by atoms with E-state index in [2.05, 4.69) is 41.0 Å². The van der Waals surface area contributed by atoms with E-state index in [0.717, 1.165) is 25.1 Å². The molecule has 0 bridgehead atoms. The summed E-state index contributed by atoms with van der Waals surface area (Å²) >= 11 is 0. The molecule has 1 aliphatic rings. The van der Waals surface area contributed by atoms with Crippen molar-refractivity contribution in [3.8, 4) is 0 Å². The van der Waals surface area contributed by atoms with E-state index in [1.54, 1.807) is 0 Å². The number of carboxylic acids is 1. The van der Waals surface area contributed by atoms with E-state index in [1.807, 2.05) is 21.0 Å². The Labute approximate surface area is 121 Å². The summed E-state index contributed by atoms with van der Waals surface area (Å²) in [5.74, 6) is -0.716. The molecule has 4 heteroatoms. The molecule has 1 N–H and O–H groups in total. The predicted molar refractivity (Wildman–Crippen MR) is 81.2 cm³/mol. The third kappa shape index (κ3) is 2.52. The van der Waals surface area contributed by atoms with E-state index >= 15 is 0 Å². The molecule has 2 unspecified atom stereocenters. The Hall–Kier alpha value is -1.55. The van der Waals surface area contributed by atoms with Crippen molar-refractivity contribution in [2.24, 2.45) is 0 Å². The summed E-state index contributed by atoms with van der Waals surface area (Å²) in [5.41, 5.74) is 1.59. The van der Waals surface area contributed by atoms with Gasteiger partial charge in [0.15, 0.2) is 0 Å². The standard InChI is InChI=1S/C16H24N2O2/c1-12(13-6-8-14(9-7-13)17(3)4)18-11-5-10-16(18,2)15(19)20/h6-9,12H,5,10-11H2,1-4H3,(H,19,20). The van der Waals surface area contributed by atoms with Gasteiger partial charge in [0, 0.05) is 25.8 Å². The number of rotatable bonds is 4. The molecular formula is C16H24N2O2. The van der Waals surface area contributed by atoms with Crippen LogP contribution in [0.25, 0.3) is 0 Å². The van der Waals surface area contributed by atoms with E-state index in [1.165, 1.54) is 5.56 Å². The van der Waals surface area contributed by atoms with E-state index in [4.69, 9.17) is 0 Å². The van der Waals surface area contributed by atoms with E-state index in [0.29, 0.717) is 0 Å². The minimum absolute atomic E-state index is 0.120. The molecule has 0 aliphatic carbocycles. The molecule has 0 spiro atoms. The van der Waals surface area contributed by atoms with Crippen LogP contribution in [0.5, 0.6) is 0 Å². The third-order valence-electron chi connectivity index (χ3n) is 4.52. The summed E-state index contributed by atoms with van der Waals surface area (Å²) in [6.07, 6.45) is 1.67. The van der Waals surface area contributed by atoms with Crippen LogP contribution >= 0.6 is 0 Å². The second-order valence-electron chi connectivity index (χ2n) is 6.04. The number of hydrogen-bond donors (Lipinski definition) is 1. The lowest BCUT2D eigenvalue weighted by atomic mass is 9.96. The smallest absolute Gasteiger partial charge is 0.323 e. The summed E-state index contributed by atoms with van der Waals surface area (Å²) in [7, 11) is 4.03. The van der Waals surface area contributed by atoms with Crippen molar-refractivity contribution >= 4 is 11.7 Å². The Bertz CT molecular complexity index is 484. The first kappa shape index (κ1) is 14.9. The van der Waals surface area contributed by atoms with Crippen molar-refractivity contribution in [3.63, 3.8) is 0 Å². The van der Waals surface area contributed by atoms with Crippen LogP contribution in [0.2, 0.25) is 0 Å². The molecule has 4 nitrogen and oxygen atoms in total. The Morgan fingerprint density at radius 1 is 1.35 bits per heavy atom. The molecule has 1 aromatic carbocycles. The molecule has 0 aromatic heterocycles. The average molecular weight is 276 g/mol. The minimum atomic E-state index is -0.736. The van der Waals surface area contributed by atoms with Gasteiger partial charge in [0.2, 0.25) is 0 Å². The van der Waals surface area contributed by atoms with Crippen LogP contribution in [-0.4, -0.2) is 42.2 Å². The molecule has 1 aliphatic heterocycles. The van der Waals surface area contributed by atoms with Crippen LogP contribution in [-0.2, 0) is 4.79 Å². The Balaban J connectivity index is 2.22. The van der Waals surface area contributed by atoms with Crippen molar-refractivity contribution < 1.29 is 9.90 Å². The van der Waals surface area contributed by atoms with Crippen molar-refractivity contribution in [2.75, 3.05) is 25.5 Å². The third-order valence-corrected chi connectivity index (χ3v) is 4.52. The highest BCUT2D eigenvalue weighted by Crippen LogP contribution is 2.37. The zero-order valence-electron chi connectivity index (χ0n) is 12.8. The fourth-order valence-corrected chi connectivity index (χ4v) is 3.07. The minimum Gasteiger partial charge on any atom is -0.480 e. The van der Waals surface area contributed by atoms with Crippen LogP contribution < -0.4 is 4.90 Å². The highest BCUT2D eigenvalue weighted by atomic mass is 16.4. The van der Waals surface area contributed by atoms with Gasteiger partial charge in [-0.2, -0.15) is 0 Å². The first-order valence-electron chi connectivity index (χ1n) is 7.13. The number of anilines is 1. The lowest BCUT2D eigenvalue weighted by Gasteiger charge is -2.36. The van der Waals surface area contributed by atoms with Crippen LogP contribution in [0.1, 0.15) is 38.3 Å². The number of aliphatic carboxylic acids is 1. The van der Waals surface area contributed by atoms with E-state index in [9.17, 15) is 9.90 Å². The second-order valence-corrected chi connectivity index (χ2v) is 6.04. The van der Waals surface area contributed by atoms with Gasteiger partial charge in [0.1, 0.15) is 5.54 Å². The monoisotopic (exact) mass is 276 g/mol. The van der Waals surface area contributed by atoms with E-state index in [-0.39, 0.29) is 6.04 Å². The van der Waals surface area contributed by atoms with Gasteiger partial charge in [-0.3, -0.25) is 9.69 Å². The molecule has 110 valence electrons. The molecule has 1 aromatic rings. The van der Waals surface area contributed by atoms with Crippen molar-refractivity contribution in [1.82, 2.24) is 4.90 Å². The van der Waals surface area contributed by atoms with E-state index < -0.39 is 11.5 Å². The van der Waals surface area contributed by atoms with Gasteiger partial charge >= 0.3 is 5.97 Å². The number of carboxylic acid groups (broad SMARTS) is 1. The zero-order valence-corrected chi connectivity index (χ0v) is 12.8. The summed E-state index contributed by atoms with van der Waals surface area (Å²) in [6.45, 7) is 4.78. The van der Waals surface area contributed by atoms with Gasteiger partial charge in [-0.25, -0.2) is 0 Å². The first-order chi connectivity index (χ1) is 9.36.